The fourth-order valence-corrected chi connectivity index (χ4v) is 5.13. The minimum absolute atomic E-state index is 0.128. The van der Waals surface area contributed by atoms with Crippen molar-refractivity contribution in [2.75, 3.05) is 0 Å². The van der Waals surface area contributed by atoms with Crippen LogP contribution in [0.5, 0.6) is 0 Å². The average molecular weight is 485 g/mol. The van der Waals surface area contributed by atoms with Gasteiger partial charge in [-0.2, -0.15) is 4.72 Å². The highest BCUT2D eigenvalue weighted by atomic mass is 32.2. The minimum atomic E-state index is -3.90. The first-order chi connectivity index (χ1) is 17.0. The molecule has 0 heterocycles. The van der Waals surface area contributed by atoms with Gasteiger partial charge in [0.1, 0.15) is 6.04 Å². The molecule has 0 saturated carbocycles. The van der Waals surface area contributed by atoms with Gasteiger partial charge in [-0.3, -0.25) is 4.79 Å². The predicted molar refractivity (Wildman–Crippen MR) is 138 cm³/mol. The van der Waals surface area contributed by atoms with Gasteiger partial charge in [-0.25, -0.2) is 8.42 Å². The standard InChI is InChI=1S/C29H28N2O3S/c32-29(31(22-25-15-7-2-8-16-25)23-26-17-9-3-10-18-26)28(21-24-13-5-1-6-14-24)30-35(33,34)27-19-11-4-12-20-27/h1-20,28,30H,21-23H2/t28-/m0/s1. The number of hydrogen-bond acceptors (Lipinski definition) is 3. The van der Waals surface area contributed by atoms with Crippen LogP contribution in [-0.4, -0.2) is 25.3 Å². The second-order valence-electron chi connectivity index (χ2n) is 8.34. The molecule has 0 aromatic heterocycles. The van der Waals surface area contributed by atoms with E-state index in [1.165, 1.54) is 12.1 Å². The monoisotopic (exact) mass is 484 g/mol. The molecule has 0 spiro atoms. The molecule has 0 bridgehead atoms. The van der Waals surface area contributed by atoms with Crippen molar-refractivity contribution in [2.45, 2.75) is 30.4 Å². The van der Waals surface area contributed by atoms with E-state index in [1.54, 1.807) is 23.1 Å². The van der Waals surface area contributed by atoms with Gasteiger partial charge in [0.2, 0.25) is 15.9 Å². The summed E-state index contributed by atoms with van der Waals surface area (Å²) in [5.41, 5.74) is 2.82. The smallest absolute Gasteiger partial charge is 0.241 e. The maximum Gasteiger partial charge on any atom is 0.241 e. The quantitative estimate of drug-likeness (QED) is 0.351. The van der Waals surface area contributed by atoms with Crippen molar-refractivity contribution < 1.29 is 13.2 Å². The van der Waals surface area contributed by atoms with Gasteiger partial charge >= 0.3 is 0 Å². The molecule has 4 rings (SSSR count). The lowest BCUT2D eigenvalue weighted by molar-refractivity contribution is -0.134. The average Bonchev–Trinajstić information content (AvgIpc) is 2.90. The van der Waals surface area contributed by atoms with Gasteiger partial charge in [-0.1, -0.05) is 109 Å². The molecule has 35 heavy (non-hydrogen) atoms. The van der Waals surface area contributed by atoms with Crippen LogP contribution < -0.4 is 4.72 Å². The van der Waals surface area contributed by atoms with E-state index in [9.17, 15) is 13.2 Å². The van der Waals surface area contributed by atoms with Crippen LogP contribution >= 0.6 is 0 Å². The molecular weight excluding hydrogens is 456 g/mol. The SMILES string of the molecule is O=C([C@H](Cc1ccccc1)NS(=O)(=O)c1ccccc1)N(Cc1ccccc1)Cc1ccccc1. The summed E-state index contributed by atoms with van der Waals surface area (Å²) in [5.74, 6) is -0.277. The van der Waals surface area contributed by atoms with E-state index in [4.69, 9.17) is 0 Å². The molecule has 1 N–H and O–H groups in total. The largest absolute Gasteiger partial charge is 0.333 e. The van der Waals surface area contributed by atoms with Gasteiger partial charge in [-0.15, -0.1) is 0 Å². The third kappa shape index (κ3) is 6.88. The van der Waals surface area contributed by atoms with Gasteiger partial charge in [0.05, 0.1) is 4.90 Å². The molecule has 0 saturated heterocycles. The Morgan fingerprint density at radius 3 is 1.49 bits per heavy atom. The third-order valence-electron chi connectivity index (χ3n) is 5.68. The van der Waals surface area contributed by atoms with Crippen molar-refractivity contribution in [3.8, 4) is 0 Å². The van der Waals surface area contributed by atoms with Crippen LogP contribution in [0.4, 0.5) is 0 Å². The fraction of sp³-hybridized carbons (Fsp3) is 0.138. The molecule has 4 aromatic carbocycles. The summed E-state index contributed by atoms with van der Waals surface area (Å²) in [6, 6.07) is 36.1. The number of rotatable bonds is 10. The molecule has 4 aromatic rings. The van der Waals surface area contributed by atoms with E-state index in [1.807, 2.05) is 91.0 Å². The summed E-state index contributed by atoms with van der Waals surface area (Å²) in [7, 11) is -3.90. The van der Waals surface area contributed by atoms with Crippen LogP contribution in [0, 0.1) is 0 Å². The Kier molecular flexibility index (Phi) is 8.08. The number of benzene rings is 4. The maximum atomic E-state index is 14.0. The summed E-state index contributed by atoms with van der Waals surface area (Å²) >= 11 is 0. The summed E-state index contributed by atoms with van der Waals surface area (Å²) in [5, 5.41) is 0. The number of nitrogens with one attached hydrogen (secondary N) is 1. The van der Waals surface area contributed by atoms with E-state index in [-0.39, 0.29) is 17.2 Å². The van der Waals surface area contributed by atoms with Crippen molar-refractivity contribution in [1.82, 2.24) is 9.62 Å². The molecule has 6 heteroatoms. The lowest BCUT2D eigenvalue weighted by Gasteiger charge is -2.28. The van der Waals surface area contributed by atoms with Crippen LogP contribution in [0.1, 0.15) is 16.7 Å². The highest BCUT2D eigenvalue weighted by molar-refractivity contribution is 7.89. The van der Waals surface area contributed by atoms with Gasteiger partial charge in [0.25, 0.3) is 0 Å². The number of nitrogens with zero attached hydrogens (tertiary/aromatic N) is 1. The zero-order valence-corrected chi connectivity index (χ0v) is 20.1. The Labute approximate surface area is 207 Å². The lowest BCUT2D eigenvalue weighted by Crippen LogP contribution is -2.49. The van der Waals surface area contributed by atoms with Gasteiger partial charge in [0, 0.05) is 13.1 Å². The number of sulfonamides is 1. The molecule has 0 fully saturated rings. The molecule has 0 aliphatic rings. The first-order valence-corrected chi connectivity index (χ1v) is 13.0. The first kappa shape index (κ1) is 24.4. The molecule has 1 amide bonds. The summed E-state index contributed by atoms with van der Waals surface area (Å²) in [6.45, 7) is 0.736. The Bertz CT molecular complexity index is 1270. The van der Waals surface area contributed by atoms with Crippen LogP contribution in [0.2, 0.25) is 0 Å². The van der Waals surface area contributed by atoms with Crippen LogP contribution in [-0.2, 0) is 34.3 Å². The molecule has 5 nitrogen and oxygen atoms in total. The third-order valence-corrected chi connectivity index (χ3v) is 7.16. The molecule has 0 aliphatic heterocycles. The molecular formula is C29H28N2O3S. The van der Waals surface area contributed by atoms with Crippen LogP contribution in [0.3, 0.4) is 0 Å². The first-order valence-electron chi connectivity index (χ1n) is 11.5. The molecule has 178 valence electrons. The second kappa shape index (κ2) is 11.6. The van der Waals surface area contributed by atoms with E-state index in [0.29, 0.717) is 13.1 Å². The molecule has 1 atom stereocenters. The van der Waals surface area contributed by atoms with Crippen molar-refractivity contribution in [1.29, 1.82) is 0 Å². The lowest BCUT2D eigenvalue weighted by atomic mass is 10.0. The van der Waals surface area contributed by atoms with Gasteiger partial charge < -0.3 is 4.90 Å². The van der Waals surface area contributed by atoms with Crippen LogP contribution in [0.15, 0.2) is 126 Å². The van der Waals surface area contributed by atoms with Crippen molar-refractivity contribution in [3.63, 3.8) is 0 Å². The maximum absolute atomic E-state index is 14.0. The van der Waals surface area contributed by atoms with E-state index in [0.717, 1.165) is 16.7 Å². The van der Waals surface area contributed by atoms with E-state index < -0.39 is 16.1 Å². The normalized spacial score (nSPS) is 12.1. The van der Waals surface area contributed by atoms with Crippen molar-refractivity contribution in [2.24, 2.45) is 0 Å². The Morgan fingerprint density at radius 2 is 1.03 bits per heavy atom. The number of amides is 1. The zero-order valence-electron chi connectivity index (χ0n) is 19.3. The van der Waals surface area contributed by atoms with Gasteiger partial charge in [0.15, 0.2) is 0 Å². The summed E-state index contributed by atoms with van der Waals surface area (Å²) < 4.78 is 29.1. The molecule has 0 unspecified atom stereocenters. The molecule has 0 aliphatic carbocycles. The topological polar surface area (TPSA) is 66.5 Å². The fourth-order valence-electron chi connectivity index (χ4n) is 3.92. The van der Waals surface area contributed by atoms with Crippen molar-refractivity contribution in [3.05, 3.63) is 138 Å². The Morgan fingerprint density at radius 1 is 0.629 bits per heavy atom. The number of hydrogen-bond donors (Lipinski definition) is 1. The highest BCUT2D eigenvalue weighted by Gasteiger charge is 2.30. The van der Waals surface area contributed by atoms with Crippen LogP contribution in [0.25, 0.3) is 0 Å². The van der Waals surface area contributed by atoms with E-state index >= 15 is 0 Å². The summed E-state index contributed by atoms with van der Waals surface area (Å²) in [4.78, 5) is 15.8. The number of carbonyl (C=O) groups excluding carboxylic acids is 1. The highest BCUT2D eigenvalue weighted by Crippen LogP contribution is 2.16. The Balaban J connectivity index is 1.66. The Hall–Kier alpha value is -3.74. The van der Waals surface area contributed by atoms with Crippen molar-refractivity contribution >= 4 is 15.9 Å². The van der Waals surface area contributed by atoms with Gasteiger partial charge in [-0.05, 0) is 35.2 Å². The predicted octanol–water partition coefficient (Wildman–Crippen LogP) is 4.81. The molecule has 0 radical (unpaired) electrons. The summed E-state index contributed by atoms with van der Waals surface area (Å²) in [6.07, 6.45) is 0.242. The van der Waals surface area contributed by atoms with E-state index in [2.05, 4.69) is 4.72 Å². The number of carbonyl (C=O) groups is 1. The minimum Gasteiger partial charge on any atom is -0.333 e. The second-order valence-corrected chi connectivity index (χ2v) is 10.1. The zero-order chi connectivity index (χ0) is 24.5.